The maximum atomic E-state index is 13.5. The van der Waals surface area contributed by atoms with Gasteiger partial charge in [-0.15, -0.1) is 11.6 Å². The van der Waals surface area contributed by atoms with E-state index in [4.69, 9.17) is 11.6 Å². The zero-order valence-electron chi connectivity index (χ0n) is 9.13. The number of rotatable bonds is 4. The number of benzene rings is 1. The SMILES string of the molecule is O=C(CCl)N(Cc1c(F)cccc1F)C1CC1. The molecule has 0 heterocycles. The Morgan fingerprint density at radius 1 is 1.35 bits per heavy atom. The third kappa shape index (κ3) is 2.75. The fraction of sp³-hybridized carbons (Fsp3) is 0.417. The predicted molar refractivity (Wildman–Crippen MR) is 60.7 cm³/mol. The molecule has 1 amide bonds. The average molecular weight is 260 g/mol. The smallest absolute Gasteiger partial charge is 0.238 e. The first-order chi connectivity index (χ1) is 8.13. The highest BCUT2D eigenvalue weighted by atomic mass is 35.5. The molecule has 0 atom stereocenters. The quantitative estimate of drug-likeness (QED) is 0.762. The molecule has 92 valence electrons. The molecule has 1 aromatic carbocycles. The Morgan fingerprint density at radius 2 is 1.94 bits per heavy atom. The maximum absolute atomic E-state index is 13.5. The van der Waals surface area contributed by atoms with Crippen molar-refractivity contribution in [2.75, 3.05) is 5.88 Å². The molecule has 1 aromatic rings. The molecule has 1 fully saturated rings. The van der Waals surface area contributed by atoms with E-state index >= 15 is 0 Å². The first kappa shape index (κ1) is 12.3. The Kier molecular flexibility index (Phi) is 3.62. The second-order valence-corrected chi connectivity index (χ2v) is 4.35. The minimum absolute atomic E-state index is 0.0469. The molecule has 0 bridgehead atoms. The van der Waals surface area contributed by atoms with Crippen LogP contribution in [0.15, 0.2) is 18.2 Å². The molecule has 0 unspecified atom stereocenters. The lowest BCUT2D eigenvalue weighted by Crippen LogP contribution is -2.34. The molecule has 2 rings (SSSR count). The summed E-state index contributed by atoms with van der Waals surface area (Å²) >= 11 is 5.49. The first-order valence-electron chi connectivity index (χ1n) is 5.42. The minimum Gasteiger partial charge on any atom is -0.334 e. The van der Waals surface area contributed by atoms with Crippen molar-refractivity contribution in [2.45, 2.75) is 25.4 Å². The number of hydrogen-bond donors (Lipinski definition) is 0. The number of alkyl halides is 1. The van der Waals surface area contributed by atoms with Gasteiger partial charge in [0.2, 0.25) is 5.91 Å². The van der Waals surface area contributed by atoms with Crippen LogP contribution in [0, 0.1) is 11.6 Å². The van der Waals surface area contributed by atoms with Crippen LogP contribution in [0.1, 0.15) is 18.4 Å². The van der Waals surface area contributed by atoms with E-state index in [1.54, 1.807) is 0 Å². The van der Waals surface area contributed by atoms with E-state index in [0.717, 1.165) is 12.8 Å². The Bertz CT molecular complexity index is 414. The van der Waals surface area contributed by atoms with Gasteiger partial charge in [0.05, 0.1) is 6.54 Å². The topological polar surface area (TPSA) is 20.3 Å². The molecule has 0 aliphatic heterocycles. The Hall–Kier alpha value is -1.16. The molecule has 2 nitrogen and oxygen atoms in total. The van der Waals surface area contributed by atoms with Crippen molar-refractivity contribution >= 4 is 17.5 Å². The highest BCUT2D eigenvalue weighted by Crippen LogP contribution is 2.29. The van der Waals surface area contributed by atoms with Gasteiger partial charge in [-0.25, -0.2) is 8.78 Å². The molecule has 17 heavy (non-hydrogen) atoms. The maximum Gasteiger partial charge on any atom is 0.238 e. The van der Waals surface area contributed by atoms with Gasteiger partial charge in [0, 0.05) is 11.6 Å². The lowest BCUT2D eigenvalue weighted by Gasteiger charge is -2.22. The summed E-state index contributed by atoms with van der Waals surface area (Å²) in [5.74, 6) is -1.69. The Balaban J connectivity index is 2.20. The van der Waals surface area contributed by atoms with Gasteiger partial charge in [0.15, 0.2) is 0 Å². The first-order valence-corrected chi connectivity index (χ1v) is 5.95. The van der Waals surface area contributed by atoms with Crippen molar-refractivity contribution in [1.82, 2.24) is 4.90 Å². The lowest BCUT2D eigenvalue weighted by molar-refractivity contribution is -0.129. The summed E-state index contributed by atoms with van der Waals surface area (Å²) in [4.78, 5) is 13.0. The molecular formula is C12H12ClF2NO. The molecule has 0 spiro atoms. The average Bonchev–Trinajstić information content (AvgIpc) is 3.12. The molecule has 0 saturated heterocycles. The van der Waals surface area contributed by atoms with E-state index in [0.29, 0.717) is 0 Å². The van der Waals surface area contributed by atoms with Crippen molar-refractivity contribution in [3.05, 3.63) is 35.4 Å². The molecule has 1 aliphatic rings. The normalized spacial score (nSPS) is 14.8. The van der Waals surface area contributed by atoms with E-state index < -0.39 is 11.6 Å². The van der Waals surface area contributed by atoms with Crippen molar-refractivity contribution < 1.29 is 13.6 Å². The number of carbonyl (C=O) groups is 1. The van der Waals surface area contributed by atoms with Gasteiger partial charge in [0.25, 0.3) is 0 Å². The lowest BCUT2D eigenvalue weighted by atomic mass is 10.2. The Morgan fingerprint density at radius 3 is 2.41 bits per heavy atom. The van der Waals surface area contributed by atoms with E-state index in [1.807, 2.05) is 0 Å². The van der Waals surface area contributed by atoms with Gasteiger partial charge in [-0.2, -0.15) is 0 Å². The molecule has 5 heteroatoms. The van der Waals surface area contributed by atoms with Crippen LogP contribution in [0.4, 0.5) is 8.78 Å². The molecular weight excluding hydrogens is 248 g/mol. The van der Waals surface area contributed by atoms with E-state index in [1.165, 1.54) is 23.1 Å². The fourth-order valence-corrected chi connectivity index (χ4v) is 1.89. The van der Waals surface area contributed by atoms with Crippen LogP contribution in [-0.2, 0) is 11.3 Å². The standard InChI is InChI=1S/C12H12ClF2NO/c13-6-12(17)16(8-4-5-8)7-9-10(14)2-1-3-11(9)15/h1-3,8H,4-7H2. The number of halogens is 3. The van der Waals surface area contributed by atoms with E-state index in [9.17, 15) is 13.6 Å². The number of amides is 1. The summed E-state index contributed by atoms with van der Waals surface area (Å²) in [6, 6.07) is 3.77. The molecule has 0 N–H and O–H groups in total. The van der Waals surface area contributed by atoms with Crippen molar-refractivity contribution in [3.63, 3.8) is 0 Å². The number of carbonyl (C=O) groups excluding carboxylic acids is 1. The summed E-state index contributed by atoms with van der Waals surface area (Å²) in [5, 5.41) is 0. The number of hydrogen-bond acceptors (Lipinski definition) is 1. The molecule has 0 radical (unpaired) electrons. The third-order valence-corrected chi connectivity index (χ3v) is 3.04. The van der Waals surface area contributed by atoms with Crippen molar-refractivity contribution in [2.24, 2.45) is 0 Å². The summed E-state index contributed by atoms with van der Waals surface area (Å²) in [6.07, 6.45) is 1.75. The van der Waals surface area contributed by atoms with Crippen LogP contribution in [0.5, 0.6) is 0 Å². The Labute approximate surface area is 103 Å². The van der Waals surface area contributed by atoms with Gasteiger partial charge < -0.3 is 4.90 Å². The summed E-state index contributed by atoms with van der Waals surface area (Å²) in [5.41, 5.74) is -0.0714. The van der Waals surface area contributed by atoms with Gasteiger partial charge >= 0.3 is 0 Å². The highest BCUT2D eigenvalue weighted by molar-refractivity contribution is 6.27. The summed E-state index contributed by atoms with van der Waals surface area (Å²) in [7, 11) is 0. The zero-order chi connectivity index (χ0) is 12.4. The van der Waals surface area contributed by atoms with E-state index in [2.05, 4.69) is 0 Å². The van der Waals surface area contributed by atoms with Crippen LogP contribution >= 0.6 is 11.6 Å². The van der Waals surface area contributed by atoms with Crippen molar-refractivity contribution in [3.8, 4) is 0 Å². The van der Waals surface area contributed by atoms with Gasteiger partial charge in [-0.05, 0) is 25.0 Å². The largest absolute Gasteiger partial charge is 0.334 e. The molecule has 1 saturated carbocycles. The van der Waals surface area contributed by atoms with Crippen LogP contribution in [0.3, 0.4) is 0 Å². The zero-order valence-corrected chi connectivity index (χ0v) is 9.88. The second kappa shape index (κ2) is 5.00. The van der Waals surface area contributed by atoms with Crippen LogP contribution in [-0.4, -0.2) is 22.7 Å². The van der Waals surface area contributed by atoms with Gasteiger partial charge in [-0.1, -0.05) is 6.07 Å². The van der Waals surface area contributed by atoms with Crippen molar-refractivity contribution in [1.29, 1.82) is 0 Å². The van der Waals surface area contributed by atoms with Crippen LogP contribution in [0.2, 0.25) is 0 Å². The second-order valence-electron chi connectivity index (χ2n) is 4.09. The van der Waals surface area contributed by atoms with Gasteiger partial charge in [0.1, 0.15) is 17.5 Å². The van der Waals surface area contributed by atoms with Gasteiger partial charge in [-0.3, -0.25) is 4.79 Å². The summed E-state index contributed by atoms with van der Waals surface area (Å²) < 4.78 is 26.9. The molecule has 1 aliphatic carbocycles. The van der Waals surface area contributed by atoms with E-state index in [-0.39, 0.29) is 29.9 Å². The monoisotopic (exact) mass is 259 g/mol. The summed E-state index contributed by atoms with van der Waals surface area (Å²) in [6.45, 7) is -0.0469. The third-order valence-electron chi connectivity index (χ3n) is 2.81. The van der Waals surface area contributed by atoms with Crippen LogP contribution in [0.25, 0.3) is 0 Å². The number of nitrogens with zero attached hydrogens (tertiary/aromatic N) is 1. The van der Waals surface area contributed by atoms with Crippen LogP contribution < -0.4 is 0 Å². The fourth-order valence-electron chi connectivity index (χ4n) is 1.74. The minimum atomic E-state index is -0.627. The highest BCUT2D eigenvalue weighted by Gasteiger charge is 2.33. The predicted octanol–water partition coefficient (Wildman–Crippen LogP) is 2.69. The molecule has 0 aromatic heterocycles.